The maximum atomic E-state index is 5.25. The van der Waals surface area contributed by atoms with E-state index >= 15 is 0 Å². The second-order valence-electron chi connectivity index (χ2n) is 4.74. The summed E-state index contributed by atoms with van der Waals surface area (Å²) in [5, 5.41) is 4.43. The van der Waals surface area contributed by atoms with Crippen molar-refractivity contribution in [3.63, 3.8) is 0 Å². The number of hydrogen-bond acceptors (Lipinski definition) is 4. The molecule has 0 fully saturated rings. The van der Waals surface area contributed by atoms with Crippen LogP contribution >= 0.6 is 15.9 Å². The van der Waals surface area contributed by atoms with Crippen LogP contribution in [0, 0.1) is 6.92 Å². The van der Waals surface area contributed by atoms with E-state index in [4.69, 9.17) is 9.47 Å². The number of aromatic nitrogens is 2. The molecule has 5 nitrogen and oxygen atoms in total. The molecule has 0 spiro atoms. The van der Waals surface area contributed by atoms with Crippen molar-refractivity contribution in [2.24, 2.45) is 7.05 Å². The van der Waals surface area contributed by atoms with Gasteiger partial charge in [-0.25, -0.2) is 0 Å². The molecule has 1 heterocycles. The van der Waals surface area contributed by atoms with E-state index in [1.165, 1.54) is 5.69 Å². The number of hydrogen-bond donors (Lipinski definition) is 0. The van der Waals surface area contributed by atoms with Crippen molar-refractivity contribution in [3.05, 3.63) is 15.9 Å². The van der Waals surface area contributed by atoms with E-state index in [9.17, 15) is 0 Å². The number of rotatable bonds is 8. The van der Waals surface area contributed by atoms with E-state index in [1.54, 1.807) is 14.2 Å². The number of nitrogens with zero attached hydrogens (tertiary/aromatic N) is 3. The SMILES string of the molecule is COCCN(Cc1c(Br)c(C)nn1C)C(C)COC. The molecule has 0 aliphatic rings. The van der Waals surface area contributed by atoms with Gasteiger partial charge >= 0.3 is 0 Å². The first kappa shape index (κ1) is 16.6. The third-order valence-electron chi connectivity index (χ3n) is 3.23. The van der Waals surface area contributed by atoms with E-state index in [0.717, 1.165) is 23.3 Å². The topological polar surface area (TPSA) is 39.5 Å². The van der Waals surface area contributed by atoms with E-state index < -0.39 is 0 Å². The molecule has 1 unspecified atom stereocenters. The number of aryl methyl sites for hydroxylation is 2. The van der Waals surface area contributed by atoms with Crippen LogP contribution < -0.4 is 0 Å². The minimum atomic E-state index is 0.335. The van der Waals surface area contributed by atoms with Crippen LogP contribution in [0.15, 0.2) is 4.47 Å². The fourth-order valence-corrected chi connectivity index (χ4v) is 2.52. The van der Waals surface area contributed by atoms with Gasteiger partial charge in [-0.2, -0.15) is 5.10 Å². The van der Waals surface area contributed by atoms with Gasteiger partial charge in [0.15, 0.2) is 0 Å². The molecule has 0 saturated carbocycles. The molecular formula is C13H24BrN3O2. The van der Waals surface area contributed by atoms with Gasteiger partial charge in [0.05, 0.1) is 29.1 Å². The largest absolute Gasteiger partial charge is 0.383 e. The van der Waals surface area contributed by atoms with Crippen molar-refractivity contribution in [3.8, 4) is 0 Å². The fourth-order valence-electron chi connectivity index (χ4n) is 2.05. The molecule has 1 aromatic rings. The van der Waals surface area contributed by atoms with Gasteiger partial charge < -0.3 is 9.47 Å². The molecule has 1 rings (SSSR count). The summed E-state index contributed by atoms with van der Waals surface area (Å²) >= 11 is 3.61. The Bertz CT molecular complexity index is 395. The fraction of sp³-hybridized carbons (Fsp3) is 0.769. The highest BCUT2D eigenvalue weighted by atomic mass is 79.9. The summed E-state index contributed by atoms with van der Waals surface area (Å²) in [6.45, 7) is 7.28. The van der Waals surface area contributed by atoms with Crippen molar-refractivity contribution < 1.29 is 9.47 Å². The molecule has 0 aliphatic heterocycles. The molecule has 6 heteroatoms. The molecule has 0 aliphatic carbocycles. The number of ether oxygens (including phenoxy) is 2. The first-order valence-corrected chi connectivity index (χ1v) is 7.20. The van der Waals surface area contributed by atoms with Crippen molar-refractivity contribution in [2.75, 3.05) is 34.0 Å². The van der Waals surface area contributed by atoms with E-state index in [-0.39, 0.29) is 0 Å². The highest BCUT2D eigenvalue weighted by Gasteiger charge is 2.18. The summed E-state index contributed by atoms with van der Waals surface area (Å²) in [7, 11) is 5.43. The molecule has 0 amide bonds. The monoisotopic (exact) mass is 333 g/mol. The molecule has 0 bridgehead atoms. The second-order valence-corrected chi connectivity index (χ2v) is 5.53. The summed E-state index contributed by atoms with van der Waals surface area (Å²) in [6, 6.07) is 0.335. The quantitative estimate of drug-likeness (QED) is 0.729. The van der Waals surface area contributed by atoms with Crippen LogP contribution in [0.5, 0.6) is 0 Å². The molecular weight excluding hydrogens is 310 g/mol. The van der Waals surface area contributed by atoms with Crippen LogP contribution in [0.3, 0.4) is 0 Å². The predicted molar refractivity (Wildman–Crippen MR) is 79.3 cm³/mol. The number of halogens is 1. The van der Waals surface area contributed by atoms with Gasteiger partial charge in [-0.15, -0.1) is 0 Å². The molecule has 0 radical (unpaired) electrons. The first-order chi connectivity index (χ1) is 9.01. The highest BCUT2D eigenvalue weighted by molar-refractivity contribution is 9.10. The van der Waals surface area contributed by atoms with Crippen LogP contribution in [-0.2, 0) is 23.1 Å². The summed E-state index contributed by atoms with van der Waals surface area (Å²) in [4.78, 5) is 2.34. The smallest absolute Gasteiger partial charge is 0.0739 e. The molecule has 1 atom stereocenters. The van der Waals surface area contributed by atoms with E-state index in [1.807, 2.05) is 18.7 Å². The molecule has 0 aromatic carbocycles. The maximum Gasteiger partial charge on any atom is 0.0739 e. The Kier molecular flexibility index (Phi) is 6.99. The highest BCUT2D eigenvalue weighted by Crippen LogP contribution is 2.22. The normalized spacial score (nSPS) is 13.2. The average Bonchev–Trinajstić information content (AvgIpc) is 2.60. The van der Waals surface area contributed by atoms with Crippen LogP contribution in [0.2, 0.25) is 0 Å². The summed E-state index contributed by atoms with van der Waals surface area (Å²) in [5.41, 5.74) is 2.19. The van der Waals surface area contributed by atoms with Gasteiger partial charge in [-0.1, -0.05) is 0 Å². The van der Waals surface area contributed by atoms with Crippen LogP contribution in [0.25, 0.3) is 0 Å². The third-order valence-corrected chi connectivity index (χ3v) is 4.26. The predicted octanol–water partition coefficient (Wildman–Crippen LogP) is 1.97. The van der Waals surface area contributed by atoms with Gasteiger partial charge in [0, 0.05) is 40.4 Å². The van der Waals surface area contributed by atoms with Gasteiger partial charge in [-0.3, -0.25) is 9.58 Å². The molecule has 0 N–H and O–H groups in total. The summed E-state index contributed by atoms with van der Waals surface area (Å²) < 4.78 is 13.5. The number of methoxy groups -OCH3 is 2. The Morgan fingerprint density at radius 3 is 2.53 bits per heavy atom. The van der Waals surface area contributed by atoms with Crippen LogP contribution in [0.4, 0.5) is 0 Å². The van der Waals surface area contributed by atoms with Crippen LogP contribution in [0.1, 0.15) is 18.3 Å². The zero-order valence-corrected chi connectivity index (χ0v) is 14.0. The lowest BCUT2D eigenvalue weighted by atomic mass is 10.2. The Balaban J connectivity index is 2.80. The van der Waals surface area contributed by atoms with Crippen molar-refractivity contribution in [1.29, 1.82) is 0 Å². The minimum Gasteiger partial charge on any atom is -0.383 e. The Morgan fingerprint density at radius 2 is 2.05 bits per heavy atom. The van der Waals surface area contributed by atoms with Crippen molar-refractivity contribution >= 4 is 15.9 Å². The third kappa shape index (κ3) is 4.56. The zero-order valence-electron chi connectivity index (χ0n) is 12.4. The zero-order chi connectivity index (χ0) is 14.4. The molecule has 1 aromatic heterocycles. The Morgan fingerprint density at radius 1 is 1.37 bits per heavy atom. The van der Waals surface area contributed by atoms with Gasteiger partial charge in [0.2, 0.25) is 0 Å². The second kappa shape index (κ2) is 7.99. The van der Waals surface area contributed by atoms with Crippen LogP contribution in [-0.4, -0.2) is 54.7 Å². The summed E-state index contributed by atoms with van der Waals surface area (Å²) in [6.07, 6.45) is 0. The Hall–Kier alpha value is -0.430. The Labute approximate surface area is 124 Å². The maximum absolute atomic E-state index is 5.25. The minimum absolute atomic E-state index is 0.335. The van der Waals surface area contributed by atoms with Gasteiger partial charge in [0.25, 0.3) is 0 Å². The first-order valence-electron chi connectivity index (χ1n) is 6.41. The molecule has 0 saturated heterocycles. The average molecular weight is 334 g/mol. The standard InChI is InChI=1S/C13H24BrN3O2/c1-10(9-19-5)17(6-7-18-4)8-12-13(14)11(2)15-16(12)3/h10H,6-9H2,1-5H3. The van der Waals surface area contributed by atoms with E-state index in [2.05, 4.69) is 32.9 Å². The summed E-state index contributed by atoms with van der Waals surface area (Å²) in [5.74, 6) is 0. The van der Waals surface area contributed by atoms with Crippen molar-refractivity contribution in [2.45, 2.75) is 26.4 Å². The lowest BCUT2D eigenvalue weighted by Crippen LogP contribution is -2.38. The lowest BCUT2D eigenvalue weighted by molar-refractivity contribution is 0.0689. The molecule has 110 valence electrons. The van der Waals surface area contributed by atoms with Gasteiger partial charge in [-0.05, 0) is 29.8 Å². The molecule has 19 heavy (non-hydrogen) atoms. The lowest BCUT2D eigenvalue weighted by Gasteiger charge is -2.28. The van der Waals surface area contributed by atoms with Crippen molar-refractivity contribution in [1.82, 2.24) is 14.7 Å². The van der Waals surface area contributed by atoms with E-state index in [0.29, 0.717) is 19.3 Å². The van der Waals surface area contributed by atoms with Gasteiger partial charge in [0.1, 0.15) is 0 Å².